The summed E-state index contributed by atoms with van der Waals surface area (Å²) in [5.41, 5.74) is 3.22. The minimum Gasteiger partial charge on any atom is -0.291 e. The smallest absolute Gasteiger partial charge is 0.252 e. The maximum absolute atomic E-state index is 11.3. The summed E-state index contributed by atoms with van der Waals surface area (Å²) < 4.78 is 0. The van der Waals surface area contributed by atoms with Crippen molar-refractivity contribution in [3.8, 4) is 0 Å². The summed E-state index contributed by atoms with van der Waals surface area (Å²) in [6.07, 6.45) is 8.62. The van der Waals surface area contributed by atoms with Gasteiger partial charge in [-0.15, -0.1) is 11.3 Å². The molecular weight excluding hydrogens is 284 g/mol. The van der Waals surface area contributed by atoms with Gasteiger partial charge in [0, 0.05) is 27.4 Å². The van der Waals surface area contributed by atoms with Gasteiger partial charge in [0.15, 0.2) is 0 Å². The van der Waals surface area contributed by atoms with Crippen molar-refractivity contribution in [1.82, 2.24) is 9.97 Å². The van der Waals surface area contributed by atoms with Crippen LogP contribution in [0.3, 0.4) is 0 Å². The molecule has 0 saturated carbocycles. The largest absolute Gasteiger partial charge is 0.291 e. The summed E-state index contributed by atoms with van der Waals surface area (Å²) in [5.74, 6) is 0.909. The summed E-state index contributed by atoms with van der Waals surface area (Å²) >= 11 is 1.74. The Kier molecular flexibility index (Phi) is 3.96. The zero-order valence-corrected chi connectivity index (χ0v) is 12.5. The normalized spacial score (nSPS) is 17.7. The Labute approximate surface area is 126 Å². The van der Waals surface area contributed by atoms with Crippen LogP contribution in [-0.4, -0.2) is 16.2 Å². The maximum Gasteiger partial charge on any atom is 0.252 e. The van der Waals surface area contributed by atoms with E-state index in [9.17, 15) is 4.79 Å². The number of nitrogens with one attached hydrogen (secondary N) is 2. The fraction of sp³-hybridized carbons (Fsp3) is 0.267. The predicted molar refractivity (Wildman–Crippen MR) is 86.2 cm³/mol. The topological polar surface area (TPSA) is 70.1 Å². The minimum atomic E-state index is -0.188. The van der Waals surface area contributed by atoms with Gasteiger partial charge in [0.2, 0.25) is 5.95 Å². The van der Waals surface area contributed by atoms with Crippen molar-refractivity contribution in [2.75, 3.05) is 5.43 Å². The van der Waals surface area contributed by atoms with Gasteiger partial charge in [-0.1, -0.05) is 12.2 Å². The van der Waals surface area contributed by atoms with Crippen LogP contribution in [0, 0.1) is 6.92 Å². The number of aryl methyl sites for hydroxylation is 1. The summed E-state index contributed by atoms with van der Waals surface area (Å²) in [7, 11) is 0. The van der Waals surface area contributed by atoms with Crippen LogP contribution >= 0.6 is 11.3 Å². The summed E-state index contributed by atoms with van der Waals surface area (Å²) in [5, 5.41) is 4.12. The highest BCUT2D eigenvalue weighted by Gasteiger charge is 2.13. The molecule has 2 heterocycles. The van der Waals surface area contributed by atoms with Crippen LogP contribution in [0.2, 0.25) is 0 Å². The molecule has 0 fully saturated rings. The molecule has 0 bridgehead atoms. The van der Waals surface area contributed by atoms with Gasteiger partial charge in [-0.25, -0.2) is 10.4 Å². The second-order valence-corrected chi connectivity index (χ2v) is 6.10. The number of nitrogens with zero attached hydrogens (tertiary/aromatic N) is 2. The number of hydrazone groups is 1. The molecular formula is C15H16N4OS. The first-order chi connectivity index (χ1) is 10.2. The van der Waals surface area contributed by atoms with Crippen molar-refractivity contribution in [3.63, 3.8) is 0 Å². The van der Waals surface area contributed by atoms with Crippen LogP contribution in [0.1, 0.15) is 34.2 Å². The molecule has 21 heavy (non-hydrogen) atoms. The van der Waals surface area contributed by atoms with Crippen molar-refractivity contribution in [3.05, 3.63) is 56.2 Å². The highest BCUT2D eigenvalue weighted by Crippen LogP contribution is 2.32. The molecule has 2 aromatic rings. The first kappa shape index (κ1) is 13.8. The lowest BCUT2D eigenvalue weighted by atomic mass is 10.1. The van der Waals surface area contributed by atoms with E-state index in [0.717, 1.165) is 4.88 Å². The Morgan fingerprint density at radius 1 is 1.52 bits per heavy atom. The summed E-state index contributed by atoms with van der Waals surface area (Å²) in [6, 6.07) is 5.65. The van der Waals surface area contributed by atoms with Crippen LogP contribution in [0.25, 0.3) is 0 Å². The van der Waals surface area contributed by atoms with Gasteiger partial charge in [-0.05, 0) is 31.9 Å². The third kappa shape index (κ3) is 3.46. The fourth-order valence-corrected chi connectivity index (χ4v) is 3.29. The van der Waals surface area contributed by atoms with Gasteiger partial charge in [0.25, 0.3) is 5.56 Å². The van der Waals surface area contributed by atoms with E-state index in [1.807, 2.05) is 0 Å². The van der Waals surface area contributed by atoms with Gasteiger partial charge in [-0.2, -0.15) is 5.10 Å². The van der Waals surface area contributed by atoms with E-state index < -0.39 is 0 Å². The Balaban J connectivity index is 1.66. The molecule has 5 nitrogen and oxygen atoms in total. The Hall–Kier alpha value is -2.21. The molecule has 0 aromatic carbocycles. The van der Waals surface area contributed by atoms with Crippen LogP contribution < -0.4 is 11.0 Å². The van der Waals surface area contributed by atoms with Crippen LogP contribution in [0.15, 0.2) is 40.2 Å². The molecule has 0 amide bonds. The lowest BCUT2D eigenvalue weighted by Crippen LogP contribution is -2.10. The molecule has 2 N–H and O–H groups in total. The van der Waals surface area contributed by atoms with Crippen molar-refractivity contribution < 1.29 is 0 Å². The van der Waals surface area contributed by atoms with Gasteiger partial charge < -0.3 is 0 Å². The fourth-order valence-electron chi connectivity index (χ4n) is 2.30. The first-order valence-corrected chi connectivity index (χ1v) is 7.66. The lowest BCUT2D eigenvalue weighted by molar-refractivity contribution is 0.815. The number of hydrogen-bond donors (Lipinski definition) is 2. The number of thiophene rings is 1. The SMILES string of the molecule is Cc1cc(=O)[nH]c(N/N=C\c2ccc([C@@H]3C=CCC3)s2)n1. The third-order valence-corrected chi connectivity index (χ3v) is 4.41. The summed E-state index contributed by atoms with van der Waals surface area (Å²) in [4.78, 5) is 20.5. The van der Waals surface area contributed by atoms with E-state index in [0.29, 0.717) is 17.6 Å². The predicted octanol–water partition coefficient (Wildman–Crippen LogP) is 3.02. The molecule has 1 atom stereocenters. The first-order valence-electron chi connectivity index (χ1n) is 6.84. The molecule has 0 radical (unpaired) electrons. The minimum absolute atomic E-state index is 0.188. The molecule has 2 aromatic heterocycles. The van der Waals surface area contributed by atoms with E-state index in [2.05, 4.69) is 44.8 Å². The average molecular weight is 300 g/mol. The molecule has 6 heteroatoms. The van der Waals surface area contributed by atoms with Crippen molar-refractivity contribution >= 4 is 23.5 Å². The van der Waals surface area contributed by atoms with E-state index in [-0.39, 0.29) is 5.56 Å². The Bertz CT molecular complexity index is 744. The van der Waals surface area contributed by atoms with Crippen LogP contribution in [0.4, 0.5) is 5.95 Å². The Morgan fingerprint density at radius 2 is 2.43 bits per heavy atom. The molecule has 108 valence electrons. The van der Waals surface area contributed by atoms with Crippen molar-refractivity contribution in [1.29, 1.82) is 0 Å². The molecule has 0 aliphatic heterocycles. The van der Waals surface area contributed by atoms with Gasteiger partial charge >= 0.3 is 0 Å². The summed E-state index contributed by atoms with van der Waals surface area (Å²) in [6.45, 7) is 1.77. The number of rotatable bonds is 4. The highest BCUT2D eigenvalue weighted by atomic mass is 32.1. The lowest BCUT2D eigenvalue weighted by Gasteiger charge is -2.02. The Morgan fingerprint density at radius 3 is 3.19 bits per heavy atom. The standard InChI is InChI=1S/C15H16N4OS/c1-10-8-14(20)18-15(17-10)19-16-9-12-6-7-13(21-12)11-4-2-3-5-11/h2,4,6-9,11H,3,5H2,1H3,(H2,17,18,19,20)/b16-9-/t11-/m1/s1. The van der Waals surface area contributed by atoms with E-state index in [1.165, 1.54) is 23.8 Å². The number of anilines is 1. The van der Waals surface area contributed by atoms with Gasteiger partial charge in [0.1, 0.15) is 0 Å². The number of hydrogen-bond acceptors (Lipinski definition) is 5. The molecule has 3 rings (SSSR count). The van der Waals surface area contributed by atoms with E-state index >= 15 is 0 Å². The van der Waals surface area contributed by atoms with E-state index in [1.54, 1.807) is 24.5 Å². The third-order valence-electron chi connectivity index (χ3n) is 3.26. The second-order valence-electron chi connectivity index (χ2n) is 4.96. The number of aromatic nitrogens is 2. The van der Waals surface area contributed by atoms with Crippen molar-refractivity contribution in [2.45, 2.75) is 25.7 Å². The van der Waals surface area contributed by atoms with Crippen LogP contribution in [-0.2, 0) is 0 Å². The number of allylic oxidation sites excluding steroid dienone is 2. The highest BCUT2D eigenvalue weighted by molar-refractivity contribution is 7.13. The molecule has 0 unspecified atom stereocenters. The molecule has 1 aliphatic carbocycles. The number of aromatic amines is 1. The average Bonchev–Trinajstić information content (AvgIpc) is 3.08. The van der Waals surface area contributed by atoms with Gasteiger partial charge in [-0.3, -0.25) is 9.78 Å². The molecule has 1 aliphatic rings. The molecule has 0 spiro atoms. The van der Waals surface area contributed by atoms with Crippen LogP contribution in [0.5, 0.6) is 0 Å². The quantitative estimate of drug-likeness (QED) is 0.518. The second kappa shape index (κ2) is 6.05. The zero-order chi connectivity index (χ0) is 14.7. The van der Waals surface area contributed by atoms with Gasteiger partial charge in [0.05, 0.1) is 6.21 Å². The molecule has 0 saturated heterocycles. The number of H-pyrrole nitrogens is 1. The monoisotopic (exact) mass is 300 g/mol. The van der Waals surface area contributed by atoms with Crippen molar-refractivity contribution in [2.24, 2.45) is 5.10 Å². The maximum atomic E-state index is 11.3. The zero-order valence-electron chi connectivity index (χ0n) is 11.7. The van der Waals surface area contributed by atoms with E-state index in [4.69, 9.17) is 0 Å².